The summed E-state index contributed by atoms with van der Waals surface area (Å²) >= 11 is 1.30. The first-order chi connectivity index (χ1) is 17.4. The molecule has 180 valence electrons. The molecule has 0 spiro atoms. The van der Waals surface area contributed by atoms with Crippen molar-refractivity contribution in [1.29, 1.82) is 5.41 Å². The van der Waals surface area contributed by atoms with Gasteiger partial charge in [0.25, 0.3) is 5.91 Å². The minimum atomic E-state index is -4.03. The molecule has 2 heterocycles. The molecule has 0 saturated carbocycles. The maximum absolute atomic E-state index is 12.7. The fourth-order valence-electron chi connectivity index (χ4n) is 3.62. The Labute approximate surface area is 212 Å². The number of nitrogens with one attached hydrogen (secondary N) is 1. The van der Waals surface area contributed by atoms with Crippen LogP contribution >= 0.6 is 11.8 Å². The minimum absolute atomic E-state index is 0.00447. The van der Waals surface area contributed by atoms with Gasteiger partial charge in [0, 0.05) is 5.41 Å². The highest BCUT2D eigenvalue weighted by Crippen LogP contribution is 2.37. The molecule has 2 aliphatic heterocycles. The van der Waals surface area contributed by atoms with E-state index in [9.17, 15) is 13.2 Å². The first kappa shape index (κ1) is 23.6. The van der Waals surface area contributed by atoms with E-state index in [4.69, 9.17) is 14.3 Å². The first-order valence-electron chi connectivity index (χ1n) is 10.7. The molecule has 8 nitrogen and oxygen atoms in total. The highest BCUT2D eigenvalue weighted by molar-refractivity contribution is 8.17. The van der Waals surface area contributed by atoms with Gasteiger partial charge in [0.2, 0.25) is 0 Å². The largest absolute Gasteiger partial charge is 0.497 e. The number of nitrogens with zero attached hydrogens (tertiary/aromatic N) is 2. The number of aliphatic imine (C=N–C) groups is 1. The lowest BCUT2D eigenvalue weighted by Crippen LogP contribution is -2.38. The summed E-state index contributed by atoms with van der Waals surface area (Å²) < 4.78 is 35.4. The third-order valence-electron chi connectivity index (χ3n) is 5.43. The van der Waals surface area contributed by atoms with Gasteiger partial charge in [0.1, 0.15) is 22.2 Å². The zero-order chi connectivity index (χ0) is 25.3. The Balaban J connectivity index is 1.36. The third-order valence-corrected chi connectivity index (χ3v) is 7.52. The summed E-state index contributed by atoms with van der Waals surface area (Å²) in [5, 5.41) is 11.0. The minimum Gasteiger partial charge on any atom is -0.497 e. The first-order valence-corrected chi connectivity index (χ1v) is 13.0. The SMILES string of the molecule is COc1ccc(S(=O)(=O)Oc2ccc(C=C3C(=N)N4C(c5ccccc5)=CSC4=NC3=O)cc2)cc1. The summed E-state index contributed by atoms with van der Waals surface area (Å²) in [5.41, 5.74) is 2.40. The smallest absolute Gasteiger partial charge is 0.339 e. The molecule has 0 atom stereocenters. The van der Waals surface area contributed by atoms with E-state index in [2.05, 4.69) is 4.99 Å². The maximum atomic E-state index is 12.7. The van der Waals surface area contributed by atoms with Crippen LogP contribution in [0, 0.1) is 5.41 Å². The summed E-state index contributed by atoms with van der Waals surface area (Å²) in [4.78, 5) is 18.5. The number of methoxy groups -OCH3 is 1. The van der Waals surface area contributed by atoms with Gasteiger partial charge < -0.3 is 8.92 Å². The number of carbonyl (C=O) groups excluding carboxylic acids is 1. The van der Waals surface area contributed by atoms with E-state index in [0.29, 0.717) is 16.5 Å². The Hall–Kier alpha value is -4.15. The summed E-state index contributed by atoms with van der Waals surface area (Å²) in [5.74, 6) is 0.157. The Morgan fingerprint density at radius 2 is 1.61 bits per heavy atom. The topological polar surface area (TPSA) is 109 Å². The van der Waals surface area contributed by atoms with Crippen LogP contribution in [0.25, 0.3) is 11.8 Å². The molecule has 1 amide bonds. The van der Waals surface area contributed by atoms with Crippen molar-refractivity contribution in [3.05, 3.63) is 101 Å². The van der Waals surface area contributed by atoms with Gasteiger partial charge in [0.05, 0.1) is 18.4 Å². The molecule has 0 aliphatic carbocycles. The van der Waals surface area contributed by atoms with Gasteiger partial charge in [-0.05, 0) is 53.6 Å². The fourth-order valence-corrected chi connectivity index (χ4v) is 5.44. The number of carbonyl (C=O) groups is 1. The highest BCUT2D eigenvalue weighted by atomic mass is 32.2. The zero-order valence-corrected chi connectivity index (χ0v) is 20.5. The van der Waals surface area contributed by atoms with Crippen LogP contribution in [-0.2, 0) is 14.9 Å². The fraction of sp³-hybridized carbons (Fsp3) is 0.0385. The molecule has 0 bridgehead atoms. The lowest BCUT2D eigenvalue weighted by molar-refractivity contribution is -0.114. The quantitative estimate of drug-likeness (QED) is 0.371. The Kier molecular flexibility index (Phi) is 6.21. The number of hydrogen-bond donors (Lipinski definition) is 1. The Morgan fingerprint density at radius 1 is 0.944 bits per heavy atom. The number of ether oxygens (including phenoxy) is 1. The van der Waals surface area contributed by atoms with Crippen LogP contribution in [0.5, 0.6) is 11.5 Å². The van der Waals surface area contributed by atoms with E-state index < -0.39 is 16.0 Å². The molecular weight excluding hydrogens is 498 g/mol. The van der Waals surface area contributed by atoms with Crippen molar-refractivity contribution in [2.45, 2.75) is 4.90 Å². The second-order valence-electron chi connectivity index (χ2n) is 7.71. The van der Waals surface area contributed by atoms with E-state index in [1.54, 1.807) is 23.1 Å². The van der Waals surface area contributed by atoms with Gasteiger partial charge in [-0.25, -0.2) is 0 Å². The number of amidine groups is 2. The zero-order valence-electron chi connectivity index (χ0n) is 18.9. The second kappa shape index (κ2) is 9.48. The molecule has 10 heteroatoms. The van der Waals surface area contributed by atoms with Gasteiger partial charge in [-0.1, -0.05) is 54.2 Å². The number of hydrogen-bond acceptors (Lipinski definition) is 7. The third kappa shape index (κ3) is 4.56. The predicted molar refractivity (Wildman–Crippen MR) is 139 cm³/mol. The average Bonchev–Trinajstić information content (AvgIpc) is 3.32. The van der Waals surface area contributed by atoms with Gasteiger partial charge in [0.15, 0.2) is 5.17 Å². The van der Waals surface area contributed by atoms with E-state index in [-0.39, 0.29) is 22.1 Å². The molecule has 0 aromatic heterocycles. The van der Waals surface area contributed by atoms with Crippen molar-refractivity contribution in [3.8, 4) is 11.5 Å². The van der Waals surface area contributed by atoms with E-state index in [1.807, 2.05) is 35.7 Å². The molecular formula is C26H19N3O5S2. The van der Waals surface area contributed by atoms with Crippen LogP contribution in [-0.4, -0.2) is 37.3 Å². The van der Waals surface area contributed by atoms with Crippen molar-refractivity contribution < 1.29 is 22.1 Å². The number of fused-ring (bicyclic) bond motifs is 1. The van der Waals surface area contributed by atoms with Crippen molar-refractivity contribution in [2.24, 2.45) is 4.99 Å². The molecule has 3 aromatic carbocycles. The van der Waals surface area contributed by atoms with Gasteiger partial charge in [-0.15, -0.1) is 0 Å². The van der Waals surface area contributed by atoms with E-state index in [1.165, 1.54) is 55.3 Å². The molecule has 2 aliphatic rings. The van der Waals surface area contributed by atoms with Crippen molar-refractivity contribution in [1.82, 2.24) is 4.90 Å². The lowest BCUT2D eigenvalue weighted by atomic mass is 10.1. The van der Waals surface area contributed by atoms with Crippen molar-refractivity contribution in [3.63, 3.8) is 0 Å². The average molecular weight is 518 g/mol. The van der Waals surface area contributed by atoms with Crippen LogP contribution in [0.3, 0.4) is 0 Å². The lowest BCUT2D eigenvalue weighted by Gasteiger charge is -2.26. The van der Waals surface area contributed by atoms with Crippen molar-refractivity contribution in [2.75, 3.05) is 7.11 Å². The molecule has 5 rings (SSSR count). The number of amides is 1. The second-order valence-corrected chi connectivity index (χ2v) is 10.1. The van der Waals surface area contributed by atoms with Crippen molar-refractivity contribution >= 4 is 50.6 Å². The predicted octanol–water partition coefficient (Wildman–Crippen LogP) is 4.77. The van der Waals surface area contributed by atoms with E-state index in [0.717, 1.165) is 11.3 Å². The summed E-state index contributed by atoms with van der Waals surface area (Å²) in [6, 6.07) is 21.6. The number of rotatable bonds is 6. The van der Waals surface area contributed by atoms with Crippen LogP contribution in [0.4, 0.5) is 0 Å². The van der Waals surface area contributed by atoms with Crippen LogP contribution < -0.4 is 8.92 Å². The number of benzene rings is 3. The molecule has 0 saturated heterocycles. The molecule has 0 fully saturated rings. The highest BCUT2D eigenvalue weighted by Gasteiger charge is 2.36. The Bertz CT molecular complexity index is 1540. The van der Waals surface area contributed by atoms with Gasteiger partial charge in [-0.2, -0.15) is 13.4 Å². The van der Waals surface area contributed by atoms with Crippen LogP contribution in [0.2, 0.25) is 0 Å². The normalized spacial score (nSPS) is 16.5. The summed E-state index contributed by atoms with van der Waals surface area (Å²) in [6.07, 6.45) is 1.55. The molecule has 0 radical (unpaired) electrons. The molecule has 1 N–H and O–H groups in total. The van der Waals surface area contributed by atoms with E-state index >= 15 is 0 Å². The van der Waals surface area contributed by atoms with Crippen LogP contribution in [0.1, 0.15) is 11.1 Å². The van der Waals surface area contributed by atoms with Gasteiger partial charge in [-0.3, -0.25) is 15.1 Å². The Morgan fingerprint density at radius 3 is 2.28 bits per heavy atom. The summed E-state index contributed by atoms with van der Waals surface area (Å²) in [7, 11) is -2.54. The molecule has 36 heavy (non-hydrogen) atoms. The standard InChI is InChI=1S/C26H19N3O5S2/c1-33-19-11-13-21(14-12-19)36(31,32)34-20-9-7-17(8-10-20)15-22-24(27)29-23(18-5-3-2-4-6-18)16-35-26(29)28-25(22)30/h2-16,27H,1H3. The number of thioether (sulfide) groups is 1. The van der Waals surface area contributed by atoms with Crippen LogP contribution in [0.15, 0.2) is 99.7 Å². The maximum Gasteiger partial charge on any atom is 0.339 e. The van der Waals surface area contributed by atoms with Gasteiger partial charge >= 0.3 is 10.1 Å². The monoisotopic (exact) mass is 517 g/mol. The summed E-state index contributed by atoms with van der Waals surface area (Å²) in [6.45, 7) is 0. The molecule has 0 unspecified atom stereocenters. The molecule has 3 aromatic rings.